The molecule has 0 amide bonds. The van der Waals surface area contributed by atoms with Crippen molar-refractivity contribution in [3.8, 4) is 0 Å². The summed E-state index contributed by atoms with van der Waals surface area (Å²) < 4.78 is 0. The van der Waals surface area contributed by atoms with Crippen LogP contribution in [-0.2, 0) is 0 Å². The Balaban J connectivity index is 2.27. The van der Waals surface area contributed by atoms with E-state index in [1.54, 1.807) is 18.3 Å². The molecule has 16 heavy (non-hydrogen) atoms. The van der Waals surface area contributed by atoms with Crippen LogP contribution in [0.2, 0.25) is 10.0 Å². The van der Waals surface area contributed by atoms with Gasteiger partial charge in [0.1, 0.15) is 27.2 Å². The summed E-state index contributed by atoms with van der Waals surface area (Å²) in [6.45, 7) is 0. The number of hydrogen-bond donors (Lipinski definition) is 1. The molecule has 82 valence electrons. The zero-order chi connectivity index (χ0) is 11.5. The molecule has 0 fully saturated rings. The summed E-state index contributed by atoms with van der Waals surface area (Å²) in [6, 6.07) is 3.52. The van der Waals surface area contributed by atoms with E-state index >= 15 is 0 Å². The lowest BCUT2D eigenvalue weighted by molar-refractivity contribution is 1.04. The molecular formula is C9H6Cl2N4S. The summed E-state index contributed by atoms with van der Waals surface area (Å²) in [5.74, 6) is 0.258. The van der Waals surface area contributed by atoms with Crippen LogP contribution in [0.15, 0.2) is 34.7 Å². The zero-order valence-corrected chi connectivity index (χ0v) is 10.2. The first-order chi connectivity index (χ1) is 7.66. The van der Waals surface area contributed by atoms with Gasteiger partial charge in [0.2, 0.25) is 0 Å². The van der Waals surface area contributed by atoms with E-state index in [4.69, 9.17) is 28.9 Å². The minimum absolute atomic E-state index is 0.258. The molecular weight excluding hydrogens is 267 g/mol. The number of pyridine rings is 1. The van der Waals surface area contributed by atoms with Crippen molar-refractivity contribution in [1.82, 2.24) is 15.0 Å². The van der Waals surface area contributed by atoms with Gasteiger partial charge in [0.25, 0.3) is 0 Å². The molecule has 0 atom stereocenters. The van der Waals surface area contributed by atoms with Gasteiger partial charge in [0.05, 0.1) is 5.02 Å². The van der Waals surface area contributed by atoms with Crippen LogP contribution in [0, 0.1) is 0 Å². The lowest BCUT2D eigenvalue weighted by Crippen LogP contribution is -1.94. The summed E-state index contributed by atoms with van der Waals surface area (Å²) in [5.41, 5.74) is 5.56. The van der Waals surface area contributed by atoms with Crippen LogP contribution in [-0.4, -0.2) is 15.0 Å². The van der Waals surface area contributed by atoms with Gasteiger partial charge in [0, 0.05) is 6.20 Å². The third-order valence-electron chi connectivity index (χ3n) is 1.69. The maximum absolute atomic E-state index is 5.95. The molecule has 0 aliphatic rings. The highest BCUT2D eigenvalue weighted by Crippen LogP contribution is 2.32. The van der Waals surface area contributed by atoms with Gasteiger partial charge in [-0.1, -0.05) is 23.2 Å². The second-order valence-electron chi connectivity index (χ2n) is 2.79. The molecule has 0 aliphatic carbocycles. The SMILES string of the molecule is Nc1ncnc(Sc2ccc(Cl)cn2)c1Cl. The van der Waals surface area contributed by atoms with Crippen molar-refractivity contribution in [3.05, 3.63) is 34.7 Å². The largest absolute Gasteiger partial charge is 0.382 e. The third-order valence-corrected chi connectivity index (χ3v) is 3.35. The molecule has 0 saturated heterocycles. The first-order valence-corrected chi connectivity index (χ1v) is 5.79. The molecule has 2 rings (SSSR count). The number of nitrogen functional groups attached to an aromatic ring is 1. The predicted octanol–water partition coefficient (Wildman–Crippen LogP) is 2.91. The molecule has 0 aliphatic heterocycles. The molecule has 0 saturated carbocycles. The minimum Gasteiger partial charge on any atom is -0.382 e. The zero-order valence-electron chi connectivity index (χ0n) is 7.89. The van der Waals surface area contributed by atoms with Gasteiger partial charge in [-0.15, -0.1) is 0 Å². The van der Waals surface area contributed by atoms with Crippen LogP contribution in [0.25, 0.3) is 0 Å². The summed E-state index contributed by atoms with van der Waals surface area (Å²) in [7, 11) is 0. The lowest BCUT2D eigenvalue weighted by atomic mass is 10.5. The van der Waals surface area contributed by atoms with Gasteiger partial charge in [-0.3, -0.25) is 0 Å². The Bertz CT molecular complexity index is 503. The molecule has 7 heteroatoms. The van der Waals surface area contributed by atoms with Gasteiger partial charge in [-0.2, -0.15) is 0 Å². The van der Waals surface area contributed by atoms with Crippen molar-refractivity contribution in [2.24, 2.45) is 0 Å². The fourth-order valence-corrected chi connectivity index (χ4v) is 2.02. The molecule has 2 aromatic rings. The lowest BCUT2D eigenvalue weighted by Gasteiger charge is -2.03. The Kier molecular flexibility index (Phi) is 3.48. The molecule has 4 nitrogen and oxygen atoms in total. The molecule has 2 aromatic heterocycles. The average Bonchev–Trinajstić information content (AvgIpc) is 2.28. The number of nitrogens with two attached hydrogens (primary N) is 1. The first-order valence-electron chi connectivity index (χ1n) is 4.22. The normalized spacial score (nSPS) is 10.4. The summed E-state index contributed by atoms with van der Waals surface area (Å²) in [4.78, 5) is 11.9. The van der Waals surface area contributed by atoms with E-state index in [0.717, 1.165) is 5.03 Å². The average molecular weight is 273 g/mol. The Labute approximate surface area is 106 Å². The van der Waals surface area contributed by atoms with Gasteiger partial charge in [0.15, 0.2) is 0 Å². The number of hydrogen-bond acceptors (Lipinski definition) is 5. The van der Waals surface area contributed by atoms with E-state index in [-0.39, 0.29) is 5.82 Å². The number of anilines is 1. The van der Waals surface area contributed by atoms with Gasteiger partial charge in [-0.25, -0.2) is 15.0 Å². The van der Waals surface area contributed by atoms with E-state index in [9.17, 15) is 0 Å². The van der Waals surface area contributed by atoms with E-state index in [1.807, 2.05) is 0 Å². The van der Waals surface area contributed by atoms with Crippen LogP contribution in [0.4, 0.5) is 5.82 Å². The maximum Gasteiger partial charge on any atom is 0.146 e. The minimum atomic E-state index is 0.258. The Morgan fingerprint density at radius 1 is 1.12 bits per heavy atom. The van der Waals surface area contributed by atoms with E-state index in [2.05, 4.69) is 15.0 Å². The third kappa shape index (κ3) is 2.55. The second kappa shape index (κ2) is 4.86. The molecule has 2 heterocycles. The summed E-state index contributed by atoms with van der Waals surface area (Å²) >= 11 is 13.0. The standard InChI is InChI=1S/C9H6Cl2N4S/c10-5-1-2-6(13-3-5)16-9-7(11)8(12)14-4-15-9/h1-4H,(H2,12,14,15). The van der Waals surface area contributed by atoms with Crippen molar-refractivity contribution >= 4 is 40.8 Å². The molecule has 2 N–H and O–H groups in total. The smallest absolute Gasteiger partial charge is 0.146 e. The Morgan fingerprint density at radius 2 is 1.94 bits per heavy atom. The Morgan fingerprint density at radius 3 is 2.62 bits per heavy atom. The monoisotopic (exact) mass is 272 g/mol. The number of nitrogens with zero attached hydrogens (tertiary/aromatic N) is 3. The van der Waals surface area contributed by atoms with Crippen molar-refractivity contribution in [1.29, 1.82) is 0 Å². The van der Waals surface area contributed by atoms with Gasteiger partial charge >= 0.3 is 0 Å². The highest BCUT2D eigenvalue weighted by atomic mass is 35.5. The first kappa shape index (κ1) is 11.4. The quantitative estimate of drug-likeness (QED) is 0.852. The van der Waals surface area contributed by atoms with E-state index < -0.39 is 0 Å². The van der Waals surface area contributed by atoms with E-state index in [1.165, 1.54) is 18.1 Å². The van der Waals surface area contributed by atoms with Gasteiger partial charge < -0.3 is 5.73 Å². The second-order valence-corrected chi connectivity index (χ2v) is 4.62. The number of rotatable bonds is 2. The summed E-state index contributed by atoms with van der Waals surface area (Å²) in [5, 5.41) is 2.23. The fraction of sp³-hybridized carbons (Fsp3) is 0. The van der Waals surface area contributed by atoms with Crippen molar-refractivity contribution < 1.29 is 0 Å². The molecule has 0 radical (unpaired) electrons. The highest BCUT2D eigenvalue weighted by Gasteiger charge is 2.08. The summed E-state index contributed by atoms with van der Waals surface area (Å²) in [6.07, 6.45) is 2.92. The fourth-order valence-electron chi connectivity index (χ4n) is 0.959. The molecule has 0 unspecified atom stereocenters. The molecule has 0 bridgehead atoms. The van der Waals surface area contributed by atoms with Crippen molar-refractivity contribution in [2.45, 2.75) is 10.1 Å². The number of halogens is 2. The molecule has 0 spiro atoms. The van der Waals surface area contributed by atoms with Crippen LogP contribution < -0.4 is 5.73 Å². The topological polar surface area (TPSA) is 64.7 Å². The van der Waals surface area contributed by atoms with Crippen LogP contribution >= 0.6 is 35.0 Å². The Hall–Kier alpha value is -1.04. The highest BCUT2D eigenvalue weighted by molar-refractivity contribution is 7.99. The predicted molar refractivity (Wildman–Crippen MR) is 64.8 cm³/mol. The van der Waals surface area contributed by atoms with Crippen LogP contribution in [0.5, 0.6) is 0 Å². The maximum atomic E-state index is 5.95. The molecule has 0 aromatic carbocycles. The van der Waals surface area contributed by atoms with Crippen LogP contribution in [0.3, 0.4) is 0 Å². The van der Waals surface area contributed by atoms with Crippen LogP contribution in [0.1, 0.15) is 0 Å². The van der Waals surface area contributed by atoms with E-state index in [0.29, 0.717) is 15.1 Å². The van der Waals surface area contributed by atoms with Gasteiger partial charge in [-0.05, 0) is 23.9 Å². The van der Waals surface area contributed by atoms with Crippen molar-refractivity contribution in [3.63, 3.8) is 0 Å². The van der Waals surface area contributed by atoms with Crippen molar-refractivity contribution in [2.75, 3.05) is 5.73 Å². The number of aromatic nitrogens is 3.